The number of hydrogen-bond acceptors (Lipinski definition) is 7. The van der Waals surface area contributed by atoms with E-state index in [2.05, 4.69) is 65.3 Å². The van der Waals surface area contributed by atoms with Gasteiger partial charge >= 0.3 is 0 Å². The summed E-state index contributed by atoms with van der Waals surface area (Å²) in [6, 6.07) is 14.7. The number of ether oxygens (including phenoxy) is 1. The third-order valence-electron chi connectivity index (χ3n) is 7.85. The molecule has 2 fully saturated rings. The van der Waals surface area contributed by atoms with E-state index in [0.29, 0.717) is 18.8 Å². The van der Waals surface area contributed by atoms with Gasteiger partial charge in [-0.2, -0.15) is 5.26 Å². The Balaban J connectivity index is 1.65. The van der Waals surface area contributed by atoms with Crippen molar-refractivity contribution in [1.29, 1.82) is 5.26 Å². The lowest BCUT2D eigenvalue weighted by molar-refractivity contribution is -0.0617. The van der Waals surface area contributed by atoms with Crippen molar-refractivity contribution in [3.63, 3.8) is 0 Å². The summed E-state index contributed by atoms with van der Waals surface area (Å²) in [4.78, 5) is 10.9. The normalized spacial score (nSPS) is 27.9. The Kier molecular flexibility index (Phi) is 6.73. The number of aliphatic hydroxyl groups excluding tert-OH is 1. The van der Waals surface area contributed by atoms with Gasteiger partial charge in [-0.1, -0.05) is 30.3 Å². The molecule has 1 aliphatic heterocycles. The van der Waals surface area contributed by atoms with Gasteiger partial charge in [0.15, 0.2) is 6.35 Å². The molecule has 1 spiro atoms. The van der Waals surface area contributed by atoms with Crippen LogP contribution in [-0.2, 0) is 10.3 Å². The number of nitriles is 1. The van der Waals surface area contributed by atoms with Crippen molar-refractivity contribution in [2.75, 3.05) is 45.8 Å². The van der Waals surface area contributed by atoms with Gasteiger partial charge in [-0.15, -0.1) is 0 Å². The zero-order chi connectivity index (χ0) is 23.6. The van der Waals surface area contributed by atoms with Crippen LogP contribution in [-0.4, -0.2) is 72.7 Å². The molecule has 1 saturated heterocycles. The minimum absolute atomic E-state index is 0.0102. The first kappa shape index (κ1) is 23.7. The molecule has 1 aromatic heterocycles. The van der Waals surface area contributed by atoms with Gasteiger partial charge < -0.3 is 14.7 Å². The van der Waals surface area contributed by atoms with E-state index in [-0.39, 0.29) is 11.1 Å². The van der Waals surface area contributed by atoms with E-state index in [1.165, 1.54) is 5.56 Å². The van der Waals surface area contributed by atoms with Crippen LogP contribution in [0.4, 0.5) is 5.69 Å². The highest BCUT2D eigenvalue weighted by Gasteiger charge is 2.54. The number of pyridine rings is 1. The topological polar surface area (TPSA) is 75.9 Å². The molecule has 2 aliphatic rings. The average molecular weight is 450 g/mol. The van der Waals surface area contributed by atoms with Crippen LogP contribution in [0.2, 0.25) is 0 Å². The maximum Gasteiger partial charge on any atom is 0.187 e. The number of aryl methyl sites for hydroxylation is 1. The fourth-order valence-electron chi connectivity index (χ4n) is 5.88. The van der Waals surface area contributed by atoms with Crippen molar-refractivity contribution in [2.24, 2.45) is 0 Å². The van der Waals surface area contributed by atoms with E-state index in [1.54, 1.807) is 19.4 Å². The quantitative estimate of drug-likeness (QED) is 0.726. The number of rotatable bonds is 6. The van der Waals surface area contributed by atoms with E-state index >= 15 is 0 Å². The number of methoxy groups -OCH3 is 1. The molecule has 2 heterocycles. The predicted octanol–water partition coefficient (Wildman–Crippen LogP) is 3.08. The van der Waals surface area contributed by atoms with Crippen molar-refractivity contribution in [3.05, 3.63) is 59.4 Å². The molecule has 1 saturated carbocycles. The SMILES string of the molecule is COCCN1C(O)N(c2cnc(C#N)cc2C)CC12CCC(c1ccccc1)(N(C)C)CC2. The number of aliphatic hydroxyl groups is 1. The molecule has 7 nitrogen and oxygen atoms in total. The summed E-state index contributed by atoms with van der Waals surface area (Å²) in [5, 5.41) is 20.6. The van der Waals surface area contributed by atoms with Gasteiger partial charge in [-0.05, 0) is 63.9 Å². The molecular weight excluding hydrogens is 414 g/mol. The molecule has 0 amide bonds. The van der Waals surface area contributed by atoms with Crippen LogP contribution in [0.25, 0.3) is 0 Å². The molecule has 1 aromatic carbocycles. The summed E-state index contributed by atoms with van der Waals surface area (Å²) in [6.07, 6.45) is 4.94. The van der Waals surface area contributed by atoms with Crippen LogP contribution in [0.1, 0.15) is 42.5 Å². The fourth-order valence-corrected chi connectivity index (χ4v) is 5.88. The lowest BCUT2D eigenvalue weighted by Gasteiger charge is -2.51. The van der Waals surface area contributed by atoms with Gasteiger partial charge in [0, 0.05) is 31.3 Å². The van der Waals surface area contributed by atoms with Crippen LogP contribution in [0.5, 0.6) is 0 Å². The van der Waals surface area contributed by atoms with Crippen molar-refractivity contribution in [3.8, 4) is 6.07 Å². The maximum atomic E-state index is 11.4. The zero-order valence-electron chi connectivity index (χ0n) is 20.2. The highest BCUT2D eigenvalue weighted by molar-refractivity contribution is 5.55. The number of nitrogens with zero attached hydrogens (tertiary/aromatic N) is 5. The maximum absolute atomic E-state index is 11.4. The van der Waals surface area contributed by atoms with Gasteiger partial charge in [0.05, 0.1) is 18.5 Å². The largest absolute Gasteiger partial charge is 0.383 e. The van der Waals surface area contributed by atoms with Gasteiger partial charge in [-0.25, -0.2) is 4.98 Å². The smallest absolute Gasteiger partial charge is 0.187 e. The van der Waals surface area contributed by atoms with Crippen LogP contribution in [0.15, 0.2) is 42.6 Å². The molecule has 1 unspecified atom stereocenters. The lowest BCUT2D eigenvalue weighted by Crippen LogP contribution is -2.56. The molecule has 7 heteroatoms. The third kappa shape index (κ3) is 4.13. The zero-order valence-corrected chi connectivity index (χ0v) is 20.2. The highest BCUT2D eigenvalue weighted by atomic mass is 16.5. The molecule has 1 N–H and O–H groups in total. The van der Waals surface area contributed by atoms with E-state index in [4.69, 9.17) is 4.74 Å². The summed E-state index contributed by atoms with van der Waals surface area (Å²) < 4.78 is 5.40. The number of benzene rings is 1. The Morgan fingerprint density at radius 2 is 1.91 bits per heavy atom. The number of hydrogen-bond donors (Lipinski definition) is 1. The Morgan fingerprint density at radius 3 is 2.48 bits per heavy atom. The van der Waals surface area contributed by atoms with Crippen LogP contribution in [0.3, 0.4) is 0 Å². The first-order valence-electron chi connectivity index (χ1n) is 11.7. The molecule has 0 bridgehead atoms. The van der Waals surface area contributed by atoms with E-state index in [0.717, 1.165) is 43.5 Å². The Morgan fingerprint density at radius 1 is 1.21 bits per heavy atom. The minimum atomic E-state index is -0.753. The standard InChI is InChI=1S/C26H35N5O2/c1-20-16-22(17-27)28-18-23(20)30-19-25(31(24(30)32)14-15-33-4)10-12-26(13-11-25,29(2)3)21-8-6-5-7-9-21/h5-9,16,18,24,32H,10-15,19H2,1-4H3. The molecule has 33 heavy (non-hydrogen) atoms. The average Bonchev–Trinajstić information content (AvgIpc) is 3.09. The van der Waals surface area contributed by atoms with Gasteiger partial charge in [-0.3, -0.25) is 9.80 Å². The van der Waals surface area contributed by atoms with Crippen molar-refractivity contribution in [2.45, 2.75) is 50.0 Å². The van der Waals surface area contributed by atoms with Crippen LogP contribution in [0, 0.1) is 18.3 Å². The van der Waals surface area contributed by atoms with Crippen molar-refractivity contribution in [1.82, 2.24) is 14.8 Å². The van der Waals surface area contributed by atoms with E-state index in [1.807, 2.05) is 11.8 Å². The third-order valence-corrected chi connectivity index (χ3v) is 7.85. The molecule has 1 aliphatic carbocycles. The molecule has 1 atom stereocenters. The monoisotopic (exact) mass is 449 g/mol. The number of aromatic nitrogens is 1. The van der Waals surface area contributed by atoms with Gasteiger partial charge in [0.2, 0.25) is 0 Å². The molecule has 4 rings (SSSR count). The molecule has 0 radical (unpaired) electrons. The first-order valence-corrected chi connectivity index (χ1v) is 11.7. The van der Waals surface area contributed by atoms with E-state index < -0.39 is 6.35 Å². The fraction of sp³-hybridized carbons (Fsp3) is 0.538. The predicted molar refractivity (Wildman–Crippen MR) is 129 cm³/mol. The summed E-state index contributed by atoms with van der Waals surface area (Å²) in [6.45, 7) is 3.93. The summed E-state index contributed by atoms with van der Waals surface area (Å²) in [5.74, 6) is 0. The first-order chi connectivity index (χ1) is 15.9. The summed E-state index contributed by atoms with van der Waals surface area (Å²) in [7, 11) is 6.06. The van der Waals surface area contributed by atoms with Crippen LogP contribution < -0.4 is 4.90 Å². The second-order valence-electron chi connectivity index (χ2n) is 9.64. The van der Waals surface area contributed by atoms with Crippen LogP contribution >= 0.6 is 0 Å². The lowest BCUT2D eigenvalue weighted by atomic mass is 9.68. The van der Waals surface area contributed by atoms with Gasteiger partial charge in [0.1, 0.15) is 11.8 Å². The minimum Gasteiger partial charge on any atom is -0.383 e. The second kappa shape index (κ2) is 9.40. The molecular formula is C26H35N5O2. The second-order valence-corrected chi connectivity index (χ2v) is 9.64. The summed E-state index contributed by atoms with van der Waals surface area (Å²) in [5.41, 5.74) is 3.43. The molecule has 2 aromatic rings. The Bertz CT molecular complexity index is 995. The Hall–Kier alpha value is -2.50. The van der Waals surface area contributed by atoms with E-state index in [9.17, 15) is 10.4 Å². The Labute approximate surface area is 197 Å². The van der Waals surface area contributed by atoms with Gasteiger partial charge in [0.25, 0.3) is 0 Å². The highest BCUT2D eigenvalue weighted by Crippen LogP contribution is 2.50. The summed E-state index contributed by atoms with van der Waals surface area (Å²) >= 11 is 0. The number of anilines is 1. The van der Waals surface area contributed by atoms with Crippen molar-refractivity contribution >= 4 is 5.69 Å². The molecule has 176 valence electrons. The van der Waals surface area contributed by atoms with Crippen molar-refractivity contribution < 1.29 is 9.84 Å².